The summed E-state index contributed by atoms with van der Waals surface area (Å²) in [5, 5.41) is 2.89. The third-order valence-electron chi connectivity index (χ3n) is 5.12. The number of nitrogens with zero attached hydrogens (tertiary/aromatic N) is 1. The molecule has 0 bridgehead atoms. The highest BCUT2D eigenvalue weighted by Gasteiger charge is 2.32. The number of benzene rings is 1. The molecule has 150 valence electrons. The first-order chi connectivity index (χ1) is 13.0. The van der Waals surface area contributed by atoms with Crippen LogP contribution in [0.1, 0.15) is 52.4 Å². The fourth-order valence-electron chi connectivity index (χ4n) is 3.10. The zero-order chi connectivity index (χ0) is 19.7. The van der Waals surface area contributed by atoms with Crippen LogP contribution in [0.25, 0.3) is 0 Å². The summed E-state index contributed by atoms with van der Waals surface area (Å²) in [4.78, 5) is 26.5. The molecule has 1 aromatic carbocycles. The zero-order valence-electron chi connectivity index (χ0n) is 16.8. The topological polar surface area (TPSA) is 67.9 Å². The monoisotopic (exact) mass is 376 g/mol. The second-order valence-corrected chi connectivity index (χ2v) is 7.25. The van der Waals surface area contributed by atoms with Crippen molar-refractivity contribution in [3.63, 3.8) is 0 Å². The summed E-state index contributed by atoms with van der Waals surface area (Å²) in [5.41, 5.74) is -0.166. The van der Waals surface area contributed by atoms with Crippen LogP contribution >= 0.6 is 0 Å². The Morgan fingerprint density at radius 2 is 1.81 bits per heavy atom. The molecule has 0 saturated carbocycles. The lowest BCUT2D eigenvalue weighted by molar-refractivity contribution is -0.136. The van der Waals surface area contributed by atoms with Crippen molar-refractivity contribution in [3.05, 3.63) is 24.3 Å². The van der Waals surface area contributed by atoms with Crippen molar-refractivity contribution in [3.8, 4) is 5.75 Å². The van der Waals surface area contributed by atoms with Gasteiger partial charge in [-0.25, -0.2) is 0 Å². The van der Waals surface area contributed by atoms with E-state index in [1.807, 2.05) is 11.8 Å². The lowest BCUT2D eigenvalue weighted by Crippen LogP contribution is -2.41. The predicted molar refractivity (Wildman–Crippen MR) is 106 cm³/mol. The van der Waals surface area contributed by atoms with Gasteiger partial charge in [-0.1, -0.05) is 19.8 Å². The summed E-state index contributed by atoms with van der Waals surface area (Å²) < 4.78 is 11.0. The summed E-state index contributed by atoms with van der Waals surface area (Å²) in [5.74, 6) is 0.477. The van der Waals surface area contributed by atoms with Crippen LogP contribution in [-0.2, 0) is 14.3 Å². The summed E-state index contributed by atoms with van der Waals surface area (Å²) in [6.45, 7) is 5.59. The summed E-state index contributed by atoms with van der Waals surface area (Å²) in [6, 6.07) is 7.06. The number of methoxy groups -OCH3 is 1. The molecular weight excluding hydrogens is 344 g/mol. The number of rotatable bonds is 9. The number of likely N-dealkylation sites (tertiary alicyclic amines) is 1. The molecule has 1 aliphatic rings. The Morgan fingerprint density at radius 1 is 1.15 bits per heavy atom. The van der Waals surface area contributed by atoms with E-state index in [4.69, 9.17) is 9.47 Å². The smallest absolute Gasteiger partial charge is 0.260 e. The third-order valence-corrected chi connectivity index (χ3v) is 5.12. The summed E-state index contributed by atoms with van der Waals surface area (Å²) in [6.07, 6.45) is 5.94. The Balaban J connectivity index is 1.85. The van der Waals surface area contributed by atoms with Gasteiger partial charge in [-0.2, -0.15) is 0 Å². The maximum atomic E-state index is 12.5. The number of hydrogen-bond acceptors (Lipinski definition) is 4. The van der Waals surface area contributed by atoms with Gasteiger partial charge in [0.1, 0.15) is 11.4 Å². The first-order valence-corrected chi connectivity index (χ1v) is 9.86. The molecule has 0 radical (unpaired) electrons. The molecule has 2 amide bonds. The molecule has 6 nitrogen and oxygen atoms in total. The van der Waals surface area contributed by atoms with E-state index in [9.17, 15) is 9.59 Å². The normalized spacial score (nSPS) is 16.5. The van der Waals surface area contributed by atoms with Crippen LogP contribution in [0.3, 0.4) is 0 Å². The maximum Gasteiger partial charge on any atom is 0.260 e. The molecule has 0 aromatic heterocycles. The predicted octanol–water partition coefficient (Wildman–Crippen LogP) is 3.61. The van der Waals surface area contributed by atoms with Gasteiger partial charge in [0.2, 0.25) is 0 Å². The van der Waals surface area contributed by atoms with E-state index in [1.54, 1.807) is 31.4 Å². The number of ether oxygens (including phenoxy) is 2. The first-order valence-electron chi connectivity index (χ1n) is 9.86. The van der Waals surface area contributed by atoms with E-state index in [0.29, 0.717) is 17.9 Å². The maximum absolute atomic E-state index is 12.5. The molecule has 6 heteroatoms. The van der Waals surface area contributed by atoms with Gasteiger partial charge in [-0.3, -0.25) is 9.59 Å². The standard InChI is InChI=1S/C21H32N2O4/c1-4-5-13-21(2,26-3)20(25)22-17-9-11-18(12-10-17)27-16-19(24)23-14-7-6-8-15-23/h9-12H,4-8,13-16H2,1-3H3,(H,22,25). The van der Waals surface area contributed by atoms with Gasteiger partial charge in [0.05, 0.1) is 0 Å². The molecule has 1 aromatic rings. The van der Waals surface area contributed by atoms with Crippen molar-refractivity contribution in [2.75, 3.05) is 32.1 Å². The fourth-order valence-corrected chi connectivity index (χ4v) is 3.10. The number of anilines is 1. The van der Waals surface area contributed by atoms with Crippen LogP contribution in [-0.4, -0.2) is 49.1 Å². The van der Waals surface area contributed by atoms with Gasteiger partial charge >= 0.3 is 0 Å². The Hall–Kier alpha value is -2.08. The highest BCUT2D eigenvalue weighted by molar-refractivity contribution is 5.97. The minimum Gasteiger partial charge on any atom is -0.484 e. The van der Waals surface area contributed by atoms with E-state index in [1.165, 1.54) is 6.42 Å². The molecule has 1 N–H and O–H groups in total. The van der Waals surface area contributed by atoms with E-state index in [-0.39, 0.29) is 18.4 Å². The van der Waals surface area contributed by atoms with E-state index in [0.717, 1.165) is 38.8 Å². The number of carbonyl (C=O) groups is 2. The van der Waals surface area contributed by atoms with Crippen molar-refractivity contribution in [1.82, 2.24) is 4.90 Å². The Kier molecular flexibility index (Phi) is 8.10. The molecule has 1 aliphatic heterocycles. The molecular formula is C21H32N2O4. The van der Waals surface area contributed by atoms with Crippen molar-refractivity contribution in [1.29, 1.82) is 0 Å². The third kappa shape index (κ3) is 6.24. The second kappa shape index (κ2) is 10.3. The molecule has 1 saturated heterocycles. The van der Waals surface area contributed by atoms with Crippen molar-refractivity contribution in [2.24, 2.45) is 0 Å². The summed E-state index contributed by atoms with van der Waals surface area (Å²) in [7, 11) is 1.56. The van der Waals surface area contributed by atoms with Gasteiger partial charge in [0.25, 0.3) is 11.8 Å². The van der Waals surface area contributed by atoms with Gasteiger partial charge in [0.15, 0.2) is 6.61 Å². The van der Waals surface area contributed by atoms with Crippen LogP contribution in [0.5, 0.6) is 5.75 Å². The van der Waals surface area contributed by atoms with Gasteiger partial charge < -0.3 is 19.7 Å². The van der Waals surface area contributed by atoms with E-state index < -0.39 is 5.60 Å². The molecule has 1 fully saturated rings. The second-order valence-electron chi connectivity index (χ2n) is 7.25. The molecule has 0 aliphatic carbocycles. The van der Waals surface area contributed by atoms with E-state index in [2.05, 4.69) is 12.2 Å². The van der Waals surface area contributed by atoms with Crippen molar-refractivity contribution >= 4 is 17.5 Å². The van der Waals surface area contributed by atoms with Crippen LogP contribution < -0.4 is 10.1 Å². The van der Waals surface area contributed by atoms with Crippen LogP contribution in [0.2, 0.25) is 0 Å². The molecule has 1 atom stereocenters. The SMILES string of the molecule is CCCCC(C)(OC)C(=O)Nc1ccc(OCC(=O)N2CCCCC2)cc1. The highest BCUT2D eigenvalue weighted by atomic mass is 16.5. The van der Waals surface area contributed by atoms with Crippen LogP contribution in [0, 0.1) is 0 Å². The number of hydrogen-bond donors (Lipinski definition) is 1. The summed E-state index contributed by atoms with van der Waals surface area (Å²) >= 11 is 0. The van der Waals surface area contributed by atoms with Crippen molar-refractivity contribution in [2.45, 2.75) is 58.0 Å². The first kappa shape index (κ1) is 21.2. The lowest BCUT2D eigenvalue weighted by Gasteiger charge is -2.27. The molecule has 2 rings (SSSR count). The Morgan fingerprint density at radius 3 is 2.41 bits per heavy atom. The van der Waals surface area contributed by atoms with Gasteiger partial charge in [-0.05, 0) is 56.9 Å². The van der Waals surface area contributed by atoms with Crippen LogP contribution in [0.4, 0.5) is 5.69 Å². The Labute approximate surface area is 162 Å². The number of piperidine rings is 1. The number of unbranched alkanes of at least 4 members (excludes halogenated alkanes) is 1. The molecule has 0 spiro atoms. The van der Waals surface area contributed by atoms with Crippen molar-refractivity contribution < 1.29 is 19.1 Å². The average Bonchev–Trinajstić information content (AvgIpc) is 2.71. The number of amides is 2. The molecule has 1 heterocycles. The zero-order valence-corrected chi connectivity index (χ0v) is 16.8. The van der Waals surface area contributed by atoms with Crippen LogP contribution in [0.15, 0.2) is 24.3 Å². The minimum atomic E-state index is -0.841. The van der Waals surface area contributed by atoms with E-state index >= 15 is 0 Å². The molecule has 27 heavy (non-hydrogen) atoms. The minimum absolute atomic E-state index is 0.0267. The fraction of sp³-hybridized carbons (Fsp3) is 0.619. The van der Waals surface area contributed by atoms with Gasteiger partial charge in [-0.15, -0.1) is 0 Å². The Bertz CT molecular complexity index is 611. The number of nitrogens with one attached hydrogen (secondary N) is 1. The lowest BCUT2D eigenvalue weighted by atomic mass is 9.97. The highest BCUT2D eigenvalue weighted by Crippen LogP contribution is 2.22. The largest absolute Gasteiger partial charge is 0.484 e. The quantitative estimate of drug-likeness (QED) is 0.715. The molecule has 1 unspecified atom stereocenters. The number of carbonyl (C=O) groups excluding carboxylic acids is 2. The van der Waals surface area contributed by atoms with Gasteiger partial charge in [0, 0.05) is 25.9 Å². The average molecular weight is 376 g/mol.